The molecule has 16 heteroatoms. The average Bonchev–Trinajstić information content (AvgIpc) is 3.93. The molecule has 0 radical (unpaired) electrons. The average molecular weight is 778 g/mol. The molecule has 3 fully saturated rings. The van der Waals surface area contributed by atoms with Crippen LogP contribution in [0.4, 0.5) is 4.39 Å². The van der Waals surface area contributed by atoms with Crippen LogP contribution in [0.3, 0.4) is 0 Å². The zero-order chi connectivity index (χ0) is 37.8. The van der Waals surface area contributed by atoms with Crippen molar-refractivity contribution in [1.29, 1.82) is 0 Å². The summed E-state index contributed by atoms with van der Waals surface area (Å²) in [4.78, 5) is 61.7. The molecule has 1 saturated heterocycles. The van der Waals surface area contributed by atoms with Crippen LogP contribution < -0.4 is 20.1 Å². The van der Waals surface area contributed by atoms with Crippen LogP contribution >= 0.6 is 11.3 Å². The monoisotopic (exact) mass is 777 g/mol. The highest BCUT2D eigenvalue weighted by Crippen LogP contribution is 2.46. The Balaban J connectivity index is 1.14. The molecule has 0 unspecified atom stereocenters. The number of ether oxygens (including phenoxy) is 1. The summed E-state index contributed by atoms with van der Waals surface area (Å²) in [5, 5.41) is 7.36. The van der Waals surface area contributed by atoms with Gasteiger partial charge in [-0.3, -0.25) is 23.9 Å². The number of furan rings is 1. The van der Waals surface area contributed by atoms with Gasteiger partial charge in [0.25, 0.3) is 5.91 Å². The number of thiophene rings is 1. The minimum Gasteiger partial charge on any atom is -0.484 e. The third-order valence-corrected chi connectivity index (χ3v) is 13.3. The van der Waals surface area contributed by atoms with Gasteiger partial charge in [0.15, 0.2) is 11.3 Å². The molecule has 4 amide bonds. The Kier molecular flexibility index (Phi) is 9.45. The first-order valence-electron chi connectivity index (χ1n) is 18.3. The number of amides is 4. The fraction of sp³-hybridized carbons (Fsp3) is 0.447. The van der Waals surface area contributed by atoms with E-state index in [1.807, 2.05) is 29.7 Å². The molecule has 54 heavy (non-hydrogen) atoms. The van der Waals surface area contributed by atoms with Gasteiger partial charge in [-0.15, -0.1) is 11.3 Å². The molecule has 4 aliphatic rings. The highest BCUT2D eigenvalue weighted by atomic mass is 32.2. The van der Waals surface area contributed by atoms with Crippen molar-refractivity contribution in [3.05, 3.63) is 59.7 Å². The first-order chi connectivity index (χ1) is 25.9. The second-order valence-corrected chi connectivity index (χ2v) is 17.6. The number of sulfonamides is 1. The summed E-state index contributed by atoms with van der Waals surface area (Å²) in [5.74, 6) is -2.92. The van der Waals surface area contributed by atoms with Gasteiger partial charge in [0.05, 0.1) is 22.4 Å². The largest absolute Gasteiger partial charge is 0.484 e. The second-order valence-electron chi connectivity index (χ2n) is 14.7. The van der Waals surface area contributed by atoms with Gasteiger partial charge < -0.3 is 24.7 Å². The maximum Gasteiger partial charge on any atom is 0.259 e. The van der Waals surface area contributed by atoms with Crippen LogP contribution in [-0.2, 0) is 29.2 Å². The van der Waals surface area contributed by atoms with E-state index in [0.717, 1.165) is 17.7 Å². The molecule has 13 nitrogen and oxygen atoms in total. The molecule has 3 aromatic heterocycles. The highest BCUT2D eigenvalue weighted by molar-refractivity contribution is 7.91. The number of halogens is 1. The lowest BCUT2D eigenvalue weighted by Crippen LogP contribution is -2.58. The van der Waals surface area contributed by atoms with E-state index in [2.05, 4.69) is 15.4 Å². The van der Waals surface area contributed by atoms with Crippen molar-refractivity contribution >= 4 is 67.1 Å². The number of fused-ring (bicyclic) bond motifs is 5. The molecule has 3 N–H and O–H groups in total. The number of benzene rings is 1. The van der Waals surface area contributed by atoms with Crippen LogP contribution in [-0.4, -0.2) is 77.5 Å². The van der Waals surface area contributed by atoms with E-state index in [0.29, 0.717) is 54.3 Å². The van der Waals surface area contributed by atoms with Crippen molar-refractivity contribution in [2.75, 3.05) is 6.54 Å². The van der Waals surface area contributed by atoms with E-state index in [1.165, 1.54) is 41.4 Å². The maximum absolute atomic E-state index is 14.4. The van der Waals surface area contributed by atoms with Crippen molar-refractivity contribution < 1.29 is 41.1 Å². The third kappa shape index (κ3) is 7.08. The Hall–Kier alpha value is -4.83. The number of rotatable bonds is 7. The summed E-state index contributed by atoms with van der Waals surface area (Å²) in [6.45, 7) is 1.29. The molecular weight excluding hydrogens is 738 g/mol. The molecule has 1 aromatic carbocycles. The van der Waals surface area contributed by atoms with E-state index in [1.54, 1.807) is 6.07 Å². The Labute approximate surface area is 314 Å². The molecule has 5 heterocycles. The summed E-state index contributed by atoms with van der Waals surface area (Å²) < 4.78 is 55.0. The maximum atomic E-state index is 14.4. The topological polar surface area (TPSA) is 177 Å². The van der Waals surface area contributed by atoms with Gasteiger partial charge in [0.1, 0.15) is 40.6 Å². The van der Waals surface area contributed by atoms with Gasteiger partial charge in [-0.05, 0) is 68.2 Å². The number of nitrogens with zero attached hydrogens (tertiary/aromatic N) is 2. The smallest absolute Gasteiger partial charge is 0.259 e. The zero-order valence-corrected chi connectivity index (χ0v) is 31.1. The van der Waals surface area contributed by atoms with E-state index < -0.39 is 74.4 Å². The third-order valence-electron chi connectivity index (χ3n) is 10.6. The number of carbonyl (C=O) groups excluding carboxylic acids is 4. The predicted molar refractivity (Wildman–Crippen MR) is 198 cm³/mol. The van der Waals surface area contributed by atoms with Gasteiger partial charge in [0, 0.05) is 30.7 Å². The van der Waals surface area contributed by atoms with Crippen molar-refractivity contribution in [2.24, 2.45) is 5.92 Å². The van der Waals surface area contributed by atoms with E-state index in [4.69, 9.17) is 14.1 Å². The fourth-order valence-electron chi connectivity index (χ4n) is 7.59. The molecule has 4 aromatic rings. The molecule has 2 aliphatic heterocycles. The standard InChI is InChI=1S/C38H40FN5O8S2/c1-21(45)40-27-9-6-4-2-3-5-8-22-19-38(22,37(48)43-54(49,50)25-12-13-25)42-35(46)29-17-24(20-44(29)36(27)47)51-31-18-28(32-10-7-15-53-32)41-33-26-16-23(39)11-14-30(26)52-34(31)33/h5,7-8,10-11,14-16,18,22,24-25,27,29H,2-4,6,9,12-13,17,19-20H2,1H3,(H,40,45)(H,42,46)(H,43,48)/t22-,24-,27+,29+,38-/m1/s1. The molecule has 5 atom stereocenters. The number of hydrogen-bond acceptors (Lipinski definition) is 10. The zero-order valence-electron chi connectivity index (χ0n) is 29.5. The molecular formula is C38H40FN5O8S2. The van der Waals surface area contributed by atoms with E-state index >= 15 is 0 Å². The van der Waals surface area contributed by atoms with Crippen LogP contribution in [0.25, 0.3) is 32.6 Å². The lowest BCUT2D eigenvalue weighted by molar-refractivity contribution is -0.142. The van der Waals surface area contributed by atoms with Crippen molar-refractivity contribution in [2.45, 2.75) is 93.7 Å². The SMILES string of the molecule is CC(=O)N[C@H]1CCCCCC=C[C@@H]2C[C@@]2(C(=O)NS(=O)(=O)C2CC2)NC(=O)[C@@H]2C[C@@H](Oc3cc(-c4cccs4)nc4c3oc3ccc(F)cc34)CN2C1=O. The molecule has 2 aliphatic carbocycles. The number of hydrogen-bond donors (Lipinski definition) is 3. The Morgan fingerprint density at radius 3 is 2.72 bits per heavy atom. The van der Waals surface area contributed by atoms with E-state index in [9.17, 15) is 32.0 Å². The lowest BCUT2D eigenvalue weighted by atomic mass is 10.0. The summed E-state index contributed by atoms with van der Waals surface area (Å²) in [7, 11) is -3.90. The normalized spacial score (nSPS) is 26.4. The van der Waals surface area contributed by atoms with Gasteiger partial charge in [-0.2, -0.15) is 0 Å². The summed E-state index contributed by atoms with van der Waals surface area (Å²) >= 11 is 1.46. The van der Waals surface area contributed by atoms with Crippen LogP contribution in [0.5, 0.6) is 5.75 Å². The van der Waals surface area contributed by atoms with Gasteiger partial charge in [-0.1, -0.05) is 31.1 Å². The number of aromatic nitrogens is 1. The summed E-state index contributed by atoms with van der Waals surface area (Å²) in [6, 6.07) is 7.60. The van der Waals surface area contributed by atoms with Crippen LogP contribution in [0.2, 0.25) is 0 Å². The summed E-state index contributed by atoms with van der Waals surface area (Å²) in [6.07, 6.45) is 7.46. The Morgan fingerprint density at radius 2 is 1.96 bits per heavy atom. The molecule has 284 valence electrons. The quantitative estimate of drug-likeness (QED) is 0.225. The minimum absolute atomic E-state index is 0.00987. The summed E-state index contributed by atoms with van der Waals surface area (Å²) in [5.41, 5.74) is 0.108. The number of carbonyl (C=O) groups is 4. The first kappa shape index (κ1) is 36.2. The van der Waals surface area contributed by atoms with Crippen molar-refractivity contribution in [3.8, 4) is 16.3 Å². The second kappa shape index (κ2) is 14.1. The van der Waals surface area contributed by atoms with Crippen LogP contribution in [0.1, 0.15) is 64.7 Å². The molecule has 8 rings (SSSR count). The van der Waals surface area contributed by atoms with Gasteiger partial charge in [-0.25, -0.2) is 17.8 Å². The number of nitrogens with one attached hydrogen (secondary N) is 3. The van der Waals surface area contributed by atoms with Crippen molar-refractivity contribution in [1.82, 2.24) is 25.2 Å². The lowest BCUT2D eigenvalue weighted by Gasteiger charge is -2.29. The van der Waals surface area contributed by atoms with Crippen LogP contribution in [0, 0.1) is 11.7 Å². The fourth-order valence-corrected chi connectivity index (χ4v) is 9.64. The Bertz CT molecular complexity index is 2290. The molecule has 0 bridgehead atoms. The molecule has 2 saturated carbocycles. The predicted octanol–water partition coefficient (Wildman–Crippen LogP) is 4.71. The molecule has 0 spiro atoms. The van der Waals surface area contributed by atoms with Gasteiger partial charge >= 0.3 is 0 Å². The van der Waals surface area contributed by atoms with Crippen LogP contribution in [0.15, 0.2) is 58.3 Å². The minimum atomic E-state index is -3.90. The Morgan fingerprint density at radius 1 is 1.13 bits per heavy atom. The number of pyridine rings is 1. The van der Waals surface area contributed by atoms with E-state index in [-0.39, 0.29) is 30.7 Å². The van der Waals surface area contributed by atoms with Crippen molar-refractivity contribution in [3.63, 3.8) is 0 Å². The van der Waals surface area contributed by atoms with Gasteiger partial charge in [0.2, 0.25) is 27.7 Å². The first-order valence-corrected chi connectivity index (χ1v) is 20.7. The highest BCUT2D eigenvalue weighted by Gasteiger charge is 2.62. The number of allylic oxidation sites excluding steroid dienone is 1.